The summed E-state index contributed by atoms with van der Waals surface area (Å²) in [6, 6.07) is 12.7. The lowest BCUT2D eigenvalue weighted by Crippen LogP contribution is -2.39. The van der Waals surface area contributed by atoms with Gasteiger partial charge < -0.3 is 20.1 Å². The van der Waals surface area contributed by atoms with Gasteiger partial charge in [0, 0.05) is 13.0 Å². The van der Waals surface area contributed by atoms with Gasteiger partial charge in [0.2, 0.25) is 11.8 Å². The number of phenols is 1. The molecule has 3 N–H and O–H groups in total. The summed E-state index contributed by atoms with van der Waals surface area (Å²) in [5, 5.41) is 32.1. The Morgan fingerprint density at radius 2 is 1.79 bits per heavy atom. The molecular weight excluding hydrogens is 494 g/mol. The van der Waals surface area contributed by atoms with E-state index in [1.165, 1.54) is 4.90 Å². The summed E-state index contributed by atoms with van der Waals surface area (Å²) in [5.41, 5.74) is 5.70. The molecule has 2 aromatic rings. The minimum absolute atomic E-state index is 0.224. The van der Waals surface area contributed by atoms with Gasteiger partial charge in [-0.3, -0.25) is 14.5 Å². The van der Waals surface area contributed by atoms with Gasteiger partial charge in [0.1, 0.15) is 5.75 Å². The van der Waals surface area contributed by atoms with Crippen LogP contribution in [-0.4, -0.2) is 53.6 Å². The summed E-state index contributed by atoms with van der Waals surface area (Å²) < 4.78 is 5.44. The number of aromatic hydroxyl groups is 1. The number of nitrogens with zero attached hydrogens (tertiary/aromatic N) is 1. The largest absolute Gasteiger partial charge is 0.507 e. The molecule has 1 saturated heterocycles. The van der Waals surface area contributed by atoms with Crippen LogP contribution in [0.1, 0.15) is 49.3 Å². The number of phenolic OH excluding ortho intramolecular Hbond substituents is 1. The topological polar surface area (TPSA) is 107 Å². The van der Waals surface area contributed by atoms with Crippen LogP contribution in [-0.2, 0) is 14.3 Å². The Labute approximate surface area is 230 Å². The zero-order chi connectivity index (χ0) is 28.3. The number of anilines is 1. The van der Waals surface area contributed by atoms with Gasteiger partial charge in [-0.05, 0) is 91.6 Å². The number of aliphatic hydroxyl groups excluding tert-OH is 2. The van der Waals surface area contributed by atoms with E-state index in [1.54, 1.807) is 31.4 Å². The first kappa shape index (κ1) is 28.7. The molecule has 4 atom stereocenters. The summed E-state index contributed by atoms with van der Waals surface area (Å²) in [7, 11) is 1.56. The molecule has 2 aliphatic rings. The van der Waals surface area contributed by atoms with E-state index in [1.807, 2.05) is 32.0 Å². The van der Waals surface area contributed by atoms with Gasteiger partial charge in [-0.1, -0.05) is 36.8 Å². The minimum atomic E-state index is -0.889. The molecule has 2 aromatic carbocycles. The van der Waals surface area contributed by atoms with Gasteiger partial charge in [-0.25, -0.2) is 0 Å². The molecule has 7 nitrogen and oxygen atoms in total. The molecule has 0 radical (unpaired) electrons. The zero-order valence-corrected chi connectivity index (χ0v) is 23.2. The molecule has 1 aliphatic heterocycles. The molecule has 0 saturated carbocycles. The molecule has 39 heavy (non-hydrogen) atoms. The number of carbonyl (C=O) groups excluding carboxylic acids is 2. The van der Waals surface area contributed by atoms with E-state index in [4.69, 9.17) is 4.74 Å². The second-order valence-corrected chi connectivity index (χ2v) is 10.7. The number of ether oxygens (including phenoxy) is 1. The van der Waals surface area contributed by atoms with Crippen molar-refractivity contribution in [2.45, 2.75) is 52.6 Å². The number of amides is 2. The Balaban J connectivity index is 1.60. The number of hydrogen-bond donors (Lipinski definition) is 3. The first-order chi connectivity index (χ1) is 18.7. The number of methoxy groups -OCH3 is 1. The quantitative estimate of drug-likeness (QED) is 0.302. The number of fused-ring (bicyclic) bond motifs is 1. The number of benzene rings is 2. The van der Waals surface area contributed by atoms with Crippen molar-refractivity contribution in [2.75, 3.05) is 25.2 Å². The van der Waals surface area contributed by atoms with Crippen LogP contribution >= 0.6 is 0 Å². The highest BCUT2D eigenvalue weighted by Crippen LogP contribution is 2.47. The van der Waals surface area contributed by atoms with Gasteiger partial charge in [-0.2, -0.15) is 0 Å². The first-order valence-corrected chi connectivity index (χ1v) is 13.6. The number of allylic oxidation sites excluding steroid dienone is 1. The number of rotatable bonds is 10. The number of hydrogen-bond acceptors (Lipinski definition) is 6. The fourth-order valence-corrected chi connectivity index (χ4v) is 6.23. The van der Waals surface area contributed by atoms with Crippen molar-refractivity contribution in [1.82, 2.24) is 0 Å². The van der Waals surface area contributed by atoms with E-state index in [-0.39, 0.29) is 25.0 Å². The smallest absolute Gasteiger partial charge is 0.238 e. The molecule has 1 fully saturated rings. The highest BCUT2D eigenvalue weighted by atomic mass is 16.5. The van der Waals surface area contributed by atoms with Gasteiger partial charge in [0.05, 0.1) is 36.8 Å². The highest BCUT2D eigenvalue weighted by molar-refractivity contribution is 6.22. The van der Waals surface area contributed by atoms with Gasteiger partial charge in [0.15, 0.2) is 0 Å². The van der Waals surface area contributed by atoms with E-state index in [9.17, 15) is 24.9 Å². The van der Waals surface area contributed by atoms with Crippen LogP contribution in [0.4, 0.5) is 5.69 Å². The maximum absolute atomic E-state index is 13.6. The Hall–Kier alpha value is -3.26. The van der Waals surface area contributed by atoms with Crippen molar-refractivity contribution in [1.29, 1.82) is 0 Å². The highest BCUT2D eigenvalue weighted by Gasteiger charge is 2.55. The predicted octanol–water partition coefficient (Wildman–Crippen LogP) is 4.70. The first-order valence-electron chi connectivity index (χ1n) is 13.6. The minimum Gasteiger partial charge on any atom is -0.507 e. The lowest BCUT2D eigenvalue weighted by molar-refractivity contribution is -0.123. The fourth-order valence-electron chi connectivity index (χ4n) is 6.23. The average Bonchev–Trinajstić information content (AvgIpc) is 3.18. The van der Waals surface area contributed by atoms with Crippen molar-refractivity contribution in [3.8, 4) is 5.75 Å². The van der Waals surface area contributed by atoms with E-state index >= 15 is 0 Å². The lowest BCUT2D eigenvalue weighted by atomic mass is 9.68. The zero-order valence-electron chi connectivity index (χ0n) is 23.2. The Kier molecular flexibility index (Phi) is 9.05. The molecular formula is C32H39NO6. The third-order valence-corrected chi connectivity index (χ3v) is 8.15. The summed E-state index contributed by atoms with van der Waals surface area (Å²) in [6.45, 7) is 5.69. The molecule has 0 aromatic heterocycles. The third-order valence-electron chi connectivity index (χ3n) is 8.15. The van der Waals surface area contributed by atoms with Crippen LogP contribution in [0.5, 0.6) is 5.75 Å². The number of aliphatic hydroxyl groups is 2. The normalized spacial score (nSPS) is 22.5. The molecule has 0 spiro atoms. The predicted molar refractivity (Wildman–Crippen MR) is 151 cm³/mol. The second kappa shape index (κ2) is 12.3. The van der Waals surface area contributed by atoms with Crippen molar-refractivity contribution in [2.24, 2.45) is 17.8 Å². The monoisotopic (exact) mass is 533 g/mol. The molecule has 7 heteroatoms. The molecule has 1 heterocycles. The van der Waals surface area contributed by atoms with Crippen LogP contribution in [0, 0.1) is 31.6 Å². The number of aryl methyl sites for hydroxylation is 2. The number of imide groups is 1. The molecule has 0 unspecified atom stereocenters. The van der Waals surface area contributed by atoms with Crippen LogP contribution in [0.25, 0.3) is 6.08 Å². The maximum atomic E-state index is 13.6. The molecule has 2 amide bonds. The van der Waals surface area contributed by atoms with Crippen LogP contribution < -0.4 is 4.90 Å². The summed E-state index contributed by atoms with van der Waals surface area (Å²) in [4.78, 5) is 28.2. The van der Waals surface area contributed by atoms with Gasteiger partial charge in [0.25, 0.3) is 0 Å². The Morgan fingerprint density at radius 3 is 2.38 bits per heavy atom. The van der Waals surface area contributed by atoms with Crippen molar-refractivity contribution in [3.63, 3.8) is 0 Å². The van der Waals surface area contributed by atoms with Crippen molar-refractivity contribution >= 4 is 23.6 Å². The van der Waals surface area contributed by atoms with E-state index < -0.39 is 23.9 Å². The standard InChI is InChI=1S/C32H39NO6/c1-5-21(15-22-13-19(2)30(36)20(3)14-22)11-12-27(35)28-23(18-39-4)16-25-29(26(28)17-34)32(38)33(31(25)37)24-9-7-6-8-10-24/h6-10,13-15,25-27,29,34-36H,5,11-12,16-18H2,1-4H3/b21-15+/t25-,26+,27-,29-/m1/s1. The van der Waals surface area contributed by atoms with E-state index in [0.717, 1.165) is 34.3 Å². The van der Waals surface area contributed by atoms with Gasteiger partial charge >= 0.3 is 0 Å². The van der Waals surface area contributed by atoms with E-state index in [2.05, 4.69) is 13.0 Å². The summed E-state index contributed by atoms with van der Waals surface area (Å²) >= 11 is 0. The fraction of sp³-hybridized carbons (Fsp3) is 0.438. The van der Waals surface area contributed by atoms with Crippen molar-refractivity contribution < 1.29 is 29.6 Å². The second-order valence-electron chi connectivity index (χ2n) is 10.7. The molecule has 208 valence electrons. The average molecular weight is 534 g/mol. The van der Waals surface area contributed by atoms with E-state index in [0.29, 0.717) is 36.3 Å². The maximum Gasteiger partial charge on any atom is 0.238 e. The Morgan fingerprint density at radius 1 is 1.13 bits per heavy atom. The SMILES string of the molecule is CC/C(=C\c1cc(C)c(O)c(C)c1)CC[C@@H](O)C1=C(COC)C[C@H]2C(=O)N(c3ccccc3)C(=O)[C@H]2[C@H]1CO. The number of para-hydroxylation sites is 1. The molecule has 1 aliphatic carbocycles. The van der Waals surface area contributed by atoms with Gasteiger partial charge in [-0.15, -0.1) is 0 Å². The third kappa shape index (κ3) is 5.71. The number of carbonyl (C=O) groups is 2. The van der Waals surface area contributed by atoms with Crippen LogP contribution in [0.2, 0.25) is 0 Å². The lowest BCUT2D eigenvalue weighted by Gasteiger charge is -2.36. The van der Waals surface area contributed by atoms with Crippen LogP contribution in [0.15, 0.2) is 59.2 Å². The molecule has 4 rings (SSSR count). The molecule has 0 bridgehead atoms. The Bertz CT molecular complexity index is 1260. The summed E-state index contributed by atoms with van der Waals surface area (Å²) in [5.74, 6) is -2.28. The van der Waals surface area contributed by atoms with Crippen molar-refractivity contribution in [3.05, 3.63) is 75.9 Å². The van der Waals surface area contributed by atoms with Crippen LogP contribution in [0.3, 0.4) is 0 Å². The summed E-state index contributed by atoms with van der Waals surface area (Å²) in [6.07, 6.45) is 3.35.